The van der Waals surface area contributed by atoms with Crippen LogP contribution in [0.1, 0.15) is 37.8 Å². The molecular weight excluding hydrogens is 338 g/mol. The van der Waals surface area contributed by atoms with Crippen molar-refractivity contribution in [2.24, 2.45) is 0 Å². The highest BCUT2D eigenvalue weighted by Gasteiger charge is 2.29. The van der Waals surface area contributed by atoms with Crippen molar-refractivity contribution in [1.82, 2.24) is 0 Å². The number of nitrogens with one attached hydrogen (secondary N) is 1. The van der Waals surface area contributed by atoms with Crippen molar-refractivity contribution in [2.75, 3.05) is 11.9 Å². The Labute approximate surface area is 141 Å². The molecule has 5 nitrogen and oxygen atoms in total. The average Bonchev–Trinajstić information content (AvgIpc) is 3.20. The van der Waals surface area contributed by atoms with Gasteiger partial charge in [0.2, 0.25) is 0 Å². The fraction of sp³-hybridized carbons (Fsp3) is 0.250. The van der Waals surface area contributed by atoms with E-state index in [-0.39, 0.29) is 17.4 Å². The van der Waals surface area contributed by atoms with Crippen molar-refractivity contribution in [3.05, 3.63) is 51.8 Å². The van der Waals surface area contributed by atoms with Crippen LogP contribution >= 0.6 is 22.9 Å². The van der Waals surface area contributed by atoms with E-state index in [4.69, 9.17) is 20.8 Å². The van der Waals surface area contributed by atoms with Crippen LogP contribution in [0.4, 0.5) is 5.00 Å². The largest absolute Gasteiger partial charge is 0.459 e. The average molecular weight is 352 g/mol. The second-order valence-corrected chi connectivity index (χ2v) is 6.73. The van der Waals surface area contributed by atoms with Gasteiger partial charge >= 0.3 is 5.97 Å². The summed E-state index contributed by atoms with van der Waals surface area (Å²) in [4.78, 5) is 25.6. The first-order valence-corrected chi connectivity index (χ1v) is 8.25. The Hall–Kier alpha value is -2.05. The smallest absolute Gasteiger partial charge is 0.341 e. The lowest BCUT2D eigenvalue weighted by molar-refractivity contribution is 0.0547. The molecule has 2 heterocycles. The van der Waals surface area contributed by atoms with Crippen LogP contribution in [0, 0.1) is 0 Å². The first-order chi connectivity index (χ1) is 11.1. The summed E-state index contributed by atoms with van der Waals surface area (Å²) in [5.41, 5.74) is 1.37. The summed E-state index contributed by atoms with van der Waals surface area (Å²) in [5.74, 6) is -0.710. The van der Waals surface area contributed by atoms with E-state index in [2.05, 4.69) is 11.9 Å². The normalized spacial score (nSPS) is 12.7. The number of hydrogen-bond acceptors (Lipinski definition) is 5. The minimum atomic E-state index is -0.499. The Morgan fingerprint density at radius 2 is 2.26 bits per heavy atom. The molecule has 1 aliphatic carbocycles. The Balaban J connectivity index is 1.86. The summed E-state index contributed by atoms with van der Waals surface area (Å²) in [6.07, 6.45) is 4.12. The van der Waals surface area contributed by atoms with Crippen LogP contribution in [0.5, 0.6) is 0 Å². The topological polar surface area (TPSA) is 68.5 Å². The molecule has 0 bridgehead atoms. The summed E-state index contributed by atoms with van der Waals surface area (Å²) >= 11 is 7.05. The van der Waals surface area contributed by atoms with Gasteiger partial charge in [-0.2, -0.15) is 0 Å². The molecule has 2 aromatic heterocycles. The Bertz CT molecular complexity index is 763. The molecule has 120 valence electrons. The number of rotatable bonds is 5. The number of esters is 1. The van der Waals surface area contributed by atoms with E-state index < -0.39 is 11.9 Å². The second kappa shape index (κ2) is 6.60. The Morgan fingerprint density at radius 3 is 2.96 bits per heavy atom. The third-order valence-corrected chi connectivity index (χ3v) is 4.77. The molecule has 0 unspecified atom stereocenters. The van der Waals surface area contributed by atoms with Gasteiger partial charge in [0.1, 0.15) is 11.6 Å². The van der Waals surface area contributed by atoms with Gasteiger partial charge in [0.15, 0.2) is 5.76 Å². The number of thiophene rings is 1. The van der Waals surface area contributed by atoms with E-state index >= 15 is 0 Å². The number of anilines is 1. The van der Waals surface area contributed by atoms with Crippen LogP contribution in [0.25, 0.3) is 0 Å². The number of aryl methyl sites for hydroxylation is 1. The number of carbonyl (C=O) groups is 2. The van der Waals surface area contributed by atoms with Crippen LogP contribution in [-0.4, -0.2) is 18.5 Å². The summed E-state index contributed by atoms with van der Waals surface area (Å²) in [5, 5.41) is 3.47. The SMILES string of the molecule is C=C(Cl)COC(=O)c1c(NC(=O)c2ccco2)sc2c1CCC2. The van der Waals surface area contributed by atoms with Crippen molar-refractivity contribution in [3.63, 3.8) is 0 Å². The molecule has 0 aromatic carbocycles. The van der Waals surface area contributed by atoms with E-state index in [9.17, 15) is 9.59 Å². The first kappa shape index (κ1) is 15.8. The standard InChI is InChI=1S/C16H14ClNO4S/c1-9(17)8-22-16(20)13-10-4-2-6-12(10)23-15(13)18-14(19)11-5-3-7-21-11/h3,5,7H,1-2,4,6,8H2,(H,18,19). The third-order valence-electron chi connectivity index (χ3n) is 3.46. The lowest BCUT2D eigenvalue weighted by Gasteiger charge is -2.07. The number of halogens is 1. The van der Waals surface area contributed by atoms with Crippen molar-refractivity contribution in [2.45, 2.75) is 19.3 Å². The van der Waals surface area contributed by atoms with Gasteiger partial charge in [-0.3, -0.25) is 4.79 Å². The molecule has 0 atom stereocenters. The first-order valence-electron chi connectivity index (χ1n) is 7.06. The summed E-state index contributed by atoms with van der Waals surface area (Å²) in [6, 6.07) is 3.19. The van der Waals surface area contributed by atoms with Crippen molar-refractivity contribution in [3.8, 4) is 0 Å². The van der Waals surface area contributed by atoms with E-state index in [0.29, 0.717) is 10.6 Å². The predicted octanol–water partition coefficient (Wildman–Crippen LogP) is 3.99. The number of carbonyl (C=O) groups excluding carboxylic acids is 2. The number of fused-ring (bicyclic) bond motifs is 1. The molecule has 0 aliphatic heterocycles. The molecule has 0 spiro atoms. The number of amides is 1. The molecule has 1 amide bonds. The maximum atomic E-state index is 12.4. The van der Waals surface area contributed by atoms with Gasteiger partial charge in [-0.1, -0.05) is 18.2 Å². The zero-order valence-corrected chi connectivity index (χ0v) is 13.8. The zero-order valence-electron chi connectivity index (χ0n) is 12.2. The van der Waals surface area contributed by atoms with E-state index in [0.717, 1.165) is 29.7 Å². The minimum absolute atomic E-state index is 0.0589. The number of ether oxygens (including phenoxy) is 1. The molecule has 7 heteroatoms. The highest BCUT2D eigenvalue weighted by atomic mass is 35.5. The fourth-order valence-corrected chi connectivity index (χ4v) is 3.82. The van der Waals surface area contributed by atoms with Crippen molar-refractivity contribution >= 4 is 39.8 Å². The van der Waals surface area contributed by atoms with Gasteiger partial charge in [0.05, 0.1) is 11.8 Å². The second-order valence-electron chi connectivity index (χ2n) is 5.09. The maximum Gasteiger partial charge on any atom is 0.341 e. The van der Waals surface area contributed by atoms with Crippen molar-refractivity contribution in [1.29, 1.82) is 0 Å². The summed E-state index contributed by atoms with van der Waals surface area (Å²) in [6.45, 7) is 3.44. The van der Waals surface area contributed by atoms with Crippen LogP contribution in [0.2, 0.25) is 0 Å². The zero-order chi connectivity index (χ0) is 16.4. The molecule has 0 saturated heterocycles. The van der Waals surface area contributed by atoms with Gasteiger partial charge in [0.25, 0.3) is 5.91 Å². The molecular formula is C16H14ClNO4S. The van der Waals surface area contributed by atoms with Gasteiger partial charge in [-0.05, 0) is 37.0 Å². The number of furan rings is 1. The van der Waals surface area contributed by atoms with E-state index in [1.54, 1.807) is 12.1 Å². The van der Waals surface area contributed by atoms with Crippen LogP contribution in [0.3, 0.4) is 0 Å². The molecule has 0 radical (unpaired) electrons. The highest BCUT2D eigenvalue weighted by Crippen LogP contribution is 2.39. The molecule has 1 aliphatic rings. The molecule has 0 fully saturated rings. The third kappa shape index (κ3) is 3.33. The van der Waals surface area contributed by atoms with E-state index in [1.807, 2.05) is 0 Å². The van der Waals surface area contributed by atoms with Gasteiger partial charge in [-0.25, -0.2) is 4.79 Å². The maximum absolute atomic E-state index is 12.4. The molecule has 3 rings (SSSR count). The quantitative estimate of drug-likeness (QED) is 0.827. The molecule has 1 N–H and O–H groups in total. The van der Waals surface area contributed by atoms with Crippen LogP contribution < -0.4 is 5.32 Å². The molecule has 0 saturated carbocycles. The lowest BCUT2D eigenvalue weighted by atomic mass is 10.1. The number of hydrogen-bond donors (Lipinski definition) is 1. The highest BCUT2D eigenvalue weighted by molar-refractivity contribution is 7.17. The Morgan fingerprint density at radius 1 is 1.43 bits per heavy atom. The van der Waals surface area contributed by atoms with E-state index in [1.165, 1.54) is 17.6 Å². The van der Waals surface area contributed by atoms with Gasteiger partial charge in [-0.15, -0.1) is 11.3 Å². The minimum Gasteiger partial charge on any atom is -0.459 e. The summed E-state index contributed by atoms with van der Waals surface area (Å²) < 4.78 is 10.2. The Kier molecular flexibility index (Phi) is 4.54. The van der Waals surface area contributed by atoms with Gasteiger partial charge in [0, 0.05) is 9.91 Å². The monoisotopic (exact) mass is 351 g/mol. The van der Waals surface area contributed by atoms with Crippen molar-refractivity contribution < 1.29 is 18.7 Å². The predicted molar refractivity (Wildman–Crippen MR) is 88.3 cm³/mol. The van der Waals surface area contributed by atoms with Gasteiger partial charge < -0.3 is 14.5 Å². The van der Waals surface area contributed by atoms with Crippen LogP contribution in [0.15, 0.2) is 34.4 Å². The molecule has 23 heavy (non-hydrogen) atoms. The lowest BCUT2D eigenvalue weighted by Crippen LogP contribution is -2.15. The van der Waals surface area contributed by atoms with Crippen LogP contribution in [-0.2, 0) is 17.6 Å². The molecule has 2 aromatic rings. The fourth-order valence-electron chi connectivity index (χ4n) is 2.50. The summed E-state index contributed by atoms with van der Waals surface area (Å²) in [7, 11) is 0.